The van der Waals surface area contributed by atoms with Gasteiger partial charge in [0.1, 0.15) is 0 Å². The van der Waals surface area contributed by atoms with Crippen LogP contribution in [0, 0.1) is 5.41 Å². The molecule has 1 aliphatic heterocycles. The Balaban J connectivity index is 2.20. The van der Waals surface area contributed by atoms with Crippen molar-refractivity contribution in [2.75, 3.05) is 26.8 Å². The molecule has 0 spiro atoms. The SMILES string of the molecule is CNCC1(Cc2cccc(Cl)c2Cl)CCOC1. The molecule has 1 unspecified atom stereocenters. The van der Waals surface area contributed by atoms with Gasteiger partial charge >= 0.3 is 0 Å². The number of rotatable bonds is 4. The van der Waals surface area contributed by atoms with Crippen molar-refractivity contribution < 1.29 is 4.74 Å². The molecule has 1 aromatic carbocycles. The molecule has 0 aromatic heterocycles. The second kappa shape index (κ2) is 5.57. The summed E-state index contributed by atoms with van der Waals surface area (Å²) in [5.74, 6) is 0. The summed E-state index contributed by atoms with van der Waals surface area (Å²) in [6.45, 7) is 2.56. The summed E-state index contributed by atoms with van der Waals surface area (Å²) in [6.07, 6.45) is 1.98. The lowest BCUT2D eigenvalue weighted by molar-refractivity contribution is 0.150. The lowest BCUT2D eigenvalue weighted by Gasteiger charge is -2.27. The Bertz CT molecular complexity index is 389. The molecule has 1 aromatic rings. The average Bonchev–Trinajstić information content (AvgIpc) is 2.74. The number of benzene rings is 1. The van der Waals surface area contributed by atoms with Crippen LogP contribution < -0.4 is 5.32 Å². The Hall–Kier alpha value is -0.280. The third-order valence-corrected chi connectivity index (χ3v) is 4.19. The highest BCUT2D eigenvalue weighted by Crippen LogP contribution is 2.36. The lowest BCUT2D eigenvalue weighted by Crippen LogP contribution is -2.35. The summed E-state index contributed by atoms with van der Waals surface area (Å²) in [6, 6.07) is 5.82. The Kier molecular flexibility index (Phi) is 4.31. The van der Waals surface area contributed by atoms with Crippen molar-refractivity contribution in [3.8, 4) is 0 Å². The molecule has 4 heteroatoms. The van der Waals surface area contributed by atoms with Crippen LogP contribution >= 0.6 is 23.2 Å². The van der Waals surface area contributed by atoms with Crippen LogP contribution in [0.3, 0.4) is 0 Å². The predicted molar refractivity (Wildman–Crippen MR) is 72.0 cm³/mol. The zero-order chi connectivity index (χ0) is 12.3. The molecule has 1 fully saturated rings. The van der Waals surface area contributed by atoms with E-state index in [0.717, 1.165) is 38.2 Å². The highest BCUT2D eigenvalue weighted by atomic mass is 35.5. The maximum Gasteiger partial charge on any atom is 0.0624 e. The van der Waals surface area contributed by atoms with Crippen molar-refractivity contribution in [3.63, 3.8) is 0 Å². The Labute approximate surface area is 112 Å². The van der Waals surface area contributed by atoms with E-state index in [1.165, 1.54) is 0 Å². The number of hydrogen-bond donors (Lipinski definition) is 1. The van der Waals surface area contributed by atoms with E-state index >= 15 is 0 Å². The molecule has 0 saturated carbocycles. The maximum atomic E-state index is 6.24. The van der Waals surface area contributed by atoms with Crippen LogP contribution in [0.5, 0.6) is 0 Å². The molecule has 1 heterocycles. The third-order valence-electron chi connectivity index (χ3n) is 3.33. The summed E-state index contributed by atoms with van der Waals surface area (Å²) in [4.78, 5) is 0. The average molecular weight is 274 g/mol. The highest BCUT2D eigenvalue weighted by molar-refractivity contribution is 6.42. The third kappa shape index (κ3) is 2.94. The maximum absolute atomic E-state index is 6.24. The smallest absolute Gasteiger partial charge is 0.0624 e. The van der Waals surface area contributed by atoms with Crippen LogP contribution in [0.25, 0.3) is 0 Å². The molecule has 17 heavy (non-hydrogen) atoms. The Morgan fingerprint density at radius 3 is 2.88 bits per heavy atom. The van der Waals surface area contributed by atoms with E-state index in [0.29, 0.717) is 10.0 Å². The van der Waals surface area contributed by atoms with Crippen LogP contribution in [0.4, 0.5) is 0 Å². The van der Waals surface area contributed by atoms with Gasteiger partial charge in [-0.25, -0.2) is 0 Å². The molecular weight excluding hydrogens is 257 g/mol. The summed E-state index contributed by atoms with van der Waals surface area (Å²) < 4.78 is 5.54. The molecule has 1 aliphatic rings. The van der Waals surface area contributed by atoms with Gasteiger partial charge in [0.15, 0.2) is 0 Å². The van der Waals surface area contributed by atoms with Gasteiger partial charge in [0.05, 0.1) is 16.7 Å². The van der Waals surface area contributed by atoms with Gasteiger partial charge in [-0.2, -0.15) is 0 Å². The molecule has 1 N–H and O–H groups in total. The summed E-state index contributed by atoms with van der Waals surface area (Å²) in [5, 5.41) is 4.55. The molecule has 0 amide bonds. The first kappa shape index (κ1) is 13.2. The van der Waals surface area contributed by atoms with Gasteiger partial charge in [0, 0.05) is 18.6 Å². The molecule has 0 aliphatic carbocycles. The standard InChI is InChI=1S/C13H17Cl2NO/c1-16-8-13(5-6-17-9-13)7-10-3-2-4-11(14)12(10)15/h2-4,16H,5-9H2,1H3. The van der Waals surface area contributed by atoms with Gasteiger partial charge in [-0.1, -0.05) is 35.3 Å². The van der Waals surface area contributed by atoms with E-state index in [1.54, 1.807) is 0 Å². The normalized spacial score (nSPS) is 24.2. The van der Waals surface area contributed by atoms with Gasteiger partial charge in [0.25, 0.3) is 0 Å². The number of halogens is 2. The molecule has 1 saturated heterocycles. The lowest BCUT2D eigenvalue weighted by atomic mass is 9.81. The monoisotopic (exact) mass is 273 g/mol. The fourth-order valence-corrected chi connectivity index (χ4v) is 2.84. The largest absolute Gasteiger partial charge is 0.381 e. The van der Waals surface area contributed by atoms with Crippen LogP contribution in [0.2, 0.25) is 10.0 Å². The summed E-state index contributed by atoms with van der Waals surface area (Å²) in [7, 11) is 1.97. The van der Waals surface area contributed by atoms with E-state index in [-0.39, 0.29) is 5.41 Å². The number of nitrogens with one attached hydrogen (secondary N) is 1. The van der Waals surface area contributed by atoms with E-state index in [9.17, 15) is 0 Å². The minimum Gasteiger partial charge on any atom is -0.381 e. The zero-order valence-corrected chi connectivity index (χ0v) is 11.4. The van der Waals surface area contributed by atoms with E-state index in [2.05, 4.69) is 5.32 Å². The fourth-order valence-electron chi connectivity index (χ4n) is 2.45. The molecule has 2 nitrogen and oxygen atoms in total. The second-order valence-corrected chi connectivity index (χ2v) is 5.51. The van der Waals surface area contributed by atoms with Crippen LogP contribution in [0.15, 0.2) is 18.2 Å². The minimum atomic E-state index is 0.156. The quantitative estimate of drug-likeness (QED) is 0.910. The molecule has 1 atom stereocenters. The fraction of sp³-hybridized carbons (Fsp3) is 0.538. The first-order valence-corrected chi connectivity index (χ1v) is 6.58. The van der Waals surface area contributed by atoms with Gasteiger partial charge < -0.3 is 10.1 Å². The van der Waals surface area contributed by atoms with Crippen molar-refractivity contribution in [2.24, 2.45) is 5.41 Å². The highest BCUT2D eigenvalue weighted by Gasteiger charge is 2.35. The first-order valence-electron chi connectivity index (χ1n) is 5.82. The molecular formula is C13H17Cl2NO. The van der Waals surface area contributed by atoms with Crippen molar-refractivity contribution in [1.29, 1.82) is 0 Å². The second-order valence-electron chi connectivity index (χ2n) is 4.72. The Morgan fingerprint density at radius 2 is 2.24 bits per heavy atom. The van der Waals surface area contributed by atoms with Gasteiger partial charge in [0.2, 0.25) is 0 Å². The van der Waals surface area contributed by atoms with Crippen molar-refractivity contribution in [1.82, 2.24) is 5.32 Å². The number of hydrogen-bond acceptors (Lipinski definition) is 2. The Morgan fingerprint density at radius 1 is 1.41 bits per heavy atom. The van der Waals surface area contributed by atoms with Crippen molar-refractivity contribution in [2.45, 2.75) is 12.8 Å². The van der Waals surface area contributed by atoms with Crippen LogP contribution in [-0.2, 0) is 11.2 Å². The molecule has 94 valence electrons. The predicted octanol–water partition coefficient (Wildman–Crippen LogP) is 3.16. The van der Waals surface area contributed by atoms with Crippen LogP contribution in [-0.4, -0.2) is 26.8 Å². The van der Waals surface area contributed by atoms with Crippen molar-refractivity contribution >= 4 is 23.2 Å². The van der Waals surface area contributed by atoms with E-state index < -0.39 is 0 Å². The molecule has 2 rings (SSSR count). The molecule has 0 radical (unpaired) electrons. The number of ether oxygens (including phenoxy) is 1. The van der Waals surface area contributed by atoms with Crippen molar-refractivity contribution in [3.05, 3.63) is 33.8 Å². The summed E-state index contributed by atoms with van der Waals surface area (Å²) >= 11 is 12.3. The zero-order valence-electron chi connectivity index (χ0n) is 9.93. The summed E-state index contributed by atoms with van der Waals surface area (Å²) in [5.41, 5.74) is 1.27. The van der Waals surface area contributed by atoms with Gasteiger partial charge in [-0.15, -0.1) is 0 Å². The first-order chi connectivity index (χ1) is 8.17. The van der Waals surface area contributed by atoms with Gasteiger partial charge in [-0.05, 0) is 31.5 Å². The molecule has 0 bridgehead atoms. The minimum absolute atomic E-state index is 0.156. The van der Waals surface area contributed by atoms with E-state index in [4.69, 9.17) is 27.9 Å². The van der Waals surface area contributed by atoms with Gasteiger partial charge in [-0.3, -0.25) is 0 Å². The topological polar surface area (TPSA) is 21.3 Å². The van der Waals surface area contributed by atoms with E-state index in [1.807, 2.05) is 25.2 Å². The van der Waals surface area contributed by atoms with Crippen LogP contribution in [0.1, 0.15) is 12.0 Å².